The molecule has 21 heavy (non-hydrogen) atoms. The average molecular weight is 312 g/mol. The Labute approximate surface area is 125 Å². The lowest BCUT2D eigenvalue weighted by Gasteiger charge is -2.28. The van der Waals surface area contributed by atoms with Crippen molar-refractivity contribution in [3.05, 3.63) is 24.3 Å². The lowest BCUT2D eigenvalue weighted by atomic mass is 10.2. The summed E-state index contributed by atoms with van der Waals surface area (Å²) < 4.78 is 30.4. The number of hydrogen-bond donors (Lipinski definition) is 1. The van der Waals surface area contributed by atoms with Crippen LogP contribution in [0.5, 0.6) is 5.75 Å². The lowest BCUT2D eigenvalue weighted by Crippen LogP contribution is -2.48. The molecule has 1 aromatic carbocycles. The van der Waals surface area contributed by atoms with E-state index in [9.17, 15) is 13.2 Å². The SMILES string of the molecule is COc1cccc(N([C@@H](C)C(=O)NC2CC2)S(C)(=O)=O)c1. The summed E-state index contributed by atoms with van der Waals surface area (Å²) >= 11 is 0. The fourth-order valence-electron chi connectivity index (χ4n) is 2.11. The third-order valence-corrected chi connectivity index (χ3v) is 4.56. The zero-order valence-corrected chi connectivity index (χ0v) is 13.2. The van der Waals surface area contributed by atoms with Crippen molar-refractivity contribution in [3.63, 3.8) is 0 Å². The van der Waals surface area contributed by atoms with Crippen LogP contribution in [0.4, 0.5) is 5.69 Å². The van der Waals surface area contributed by atoms with Gasteiger partial charge < -0.3 is 10.1 Å². The summed E-state index contributed by atoms with van der Waals surface area (Å²) in [6.07, 6.45) is 3.00. The Hall–Kier alpha value is -1.76. The van der Waals surface area contributed by atoms with Gasteiger partial charge in [-0.15, -0.1) is 0 Å². The van der Waals surface area contributed by atoms with Crippen molar-refractivity contribution in [3.8, 4) is 5.75 Å². The number of carbonyl (C=O) groups excluding carboxylic acids is 1. The minimum Gasteiger partial charge on any atom is -0.497 e. The van der Waals surface area contributed by atoms with Crippen molar-refractivity contribution in [2.24, 2.45) is 0 Å². The molecule has 0 saturated heterocycles. The van der Waals surface area contributed by atoms with Crippen molar-refractivity contribution < 1.29 is 17.9 Å². The van der Waals surface area contributed by atoms with E-state index in [1.165, 1.54) is 7.11 Å². The molecule has 0 bridgehead atoms. The summed E-state index contributed by atoms with van der Waals surface area (Å²) in [6, 6.07) is 6.03. The van der Waals surface area contributed by atoms with E-state index in [2.05, 4.69) is 5.32 Å². The predicted molar refractivity (Wildman–Crippen MR) is 80.9 cm³/mol. The maximum absolute atomic E-state index is 12.2. The first kappa shape index (κ1) is 15.6. The highest BCUT2D eigenvalue weighted by Crippen LogP contribution is 2.26. The van der Waals surface area contributed by atoms with Crippen LogP contribution < -0.4 is 14.4 Å². The van der Waals surface area contributed by atoms with Crippen molar-refractivity contribution in [1.82, 2.24) is 5.32 Å². The van der Waals surface area contributed by atoms with Crippen molar-refractivity contribution in [1.29, 1.82) is 0 Å². The fourth-order valence-corrected chi connectivity index (χ4v) is 3.27. The number of sulfonamides is 1. The van der Waals surface area contributed by atoms with Gasteiger partial charge in [-0.05, 0) is 31.9 Å². The number of amides is 1. The zero-order chi connectivity index (χ0) is 15.6. The highest BCUT2D eigenvalue weighted by Gasteiger charge is 2.32. The highest BCUT2D eigenvalue weighted by atomic mass is 32.2. The van der Waals surface area contributed by atoms with Gasteiger partial charge in [0, 0.05) is 12.1 Å². The van der Waals surface area contributed by atoms with Gasteiger partial charge in [0.2, 0.25) is 15.9 Å². The molecule has 1 fully saturated rings. The standard InChI is InChI=1S/C14H20N2O4S/c1-10(14(17)15-11-7-8-11)16(21(3,18)19)12-5-4-6-13(9-12)20-2/h4-6,9-11H,7-8H2,1-3H3,(H,15,17)/t10-/m0/s1. The highest BCUT2D eigenvalue weighted by molar-refractivity contribution is 7.92. The second-order valence-corrected chi connectivity index (χ2v) is 7.08. The molecule has 2 rings (SSSR count). The van der Waals surface area contributed by atoms with E-state index in [0.29, 0.717) is 11.4 Å². The molecule has 1 aliphatic carbocycles. The Balaban J connectivity index is 2.31. The van der Waals surface area contributed by atoms with Gasteiger partial charge in [-0.2, -0.15) is 0 Å². The largest absolute Gasteiger partial charge is 0.497 e. The second-order valence-electron chi connectivity index (χ2n) is 5.22. The first-order valence-corrected chi connectivity index (χ1v) is 8.61. The molecule has 1 aliphatic rings. The van der Waals surface area contributed by atoms with Gasteiger partial charge in [0.1, 0.15) is 11.8 Å². The molecule has 1 saturated carbocycles. The quantitative estimate of drug-likeness (QED) is 0.854. The molecule has 0 unspecified atom stereocenters. The number of carbonyl (C=O) groups is 1. The van der Waals surface area contributed by atoms with Crippen LogP contribution in [0.1, 0.15) is 19.8 Å². The van der Waals surface area contributed by atoms with E-state index < -0.39 is 16.1 Å². The molecule has 0 heterocycles. The van der Waals surface area contributed by atoms with E-state index in [1.54, 1.807) is 31.2 Å². The van der Waals surface area contributed by atoms with E-state index >= 15 is 0 Å². The van der Waals surface area contributed by atoms with Crippen LogP contribution in [0, 0.1) is 0 Å². The van der Waals surface area contributed by atoms with Crippen molar-refractivity contribution >= 4 is 21.6 Å². The van der Waals surface area contributed by atoms with Crippen LogP contribution in [-0.4, -0.2) is 39.8 Å². The van der Waals surface area contributed by atoms with Crippen molar-refractivity contribution in [2.45, 2.75) is 31.8 Å². The molecule has 1 N–H and O–H groups in total. The maximum Gasteiger partial charge on any atom is 0.243 e. The molecule has 1 amide bonds. The minimum absolute atomic E-state index is 0.187. The van der Waals surface area contributed by atoms with Gasteiger partial charge in [0.25, 0.3) is 0 Å². The van der Waals surface area contributed by atoms with E-state index in [0.717, 1.165) is 23.4 Å². The normalized spacial score (nSPS) is 16.1. The van der Waals surface area contributed by atoms with E-state index in [1.807, 2.05) is 0 Å². The van der Waals surface area contributed by atoms with Gasteiger partial charge in [-0.25, -0.2) is 8.42 Å². The topological polar surface area (TPSA) is 75.7 Å². The molecule has 0 spiro atoms. The number of nitrogens with zero attached hydrogens (tertiary/aromatic N) is 1. The number of hydrogen-bond acceptors (Lipinski definition) is 4. The Morgan fingerprint density at radius 1 is 1.43 bits per heavy atom. The zero-order valence-electron chi connectivity index (χ0n) is 12.4. The summed E-state index contributed by atoms with van der Waals surface area (Å²) in [5.74, 6) is 0.252. The summed E-state index contributed by atoms with van der Waals surface area (Å²) in [5.41, 5.74) is 0.412. The average Bonchev–Trinajstić information content (AvgIpc) is 3.21. The van der Waals surface area contributed by atoms with Crippen LogP contribution in [0.3, 0.4) is 0 Å². The number of benzene rings is 1. The van der Waals surface area contributed by atoms with Crippen LogP contribution in [-0.2, 0) is 14.8 Å². The Kier molecular flexibility index (Phi) is 4.41. The summed E-state index contributed by atoms with van der Waals surface area (Å²) in [7, 11) is -2.08. The van der Waals surface area contributed by atoms with Gasteiger partial charge in [0.15, 0.2) is 0 Å². The molecule has 116 valence electrons. The number of anilines is 1. The molecule has 7 heteroatoms. The number of methoxy groups -OCH3 is 1. The van der Waals surface area contributed by atoms with Crippen LogP contribution in [0.2, 0.25) is 0 Å². The molecular formula is C14H20N2O4S. The number of rotatable bonds is 6. The predicted octanol–water partition coefficient (Wildman–Crippen LogP) is 1.13. The molecule has 6 nitrogen and oxygen atoms in total. The third-order valence-electron chi connectivity index (χ3n) is 3.32. The molecule has 0 aliphatic heterocycles. The molecule has 1 aromatic rings. The van der Waals surface area contributed by atoms with Crippen LogP contribution >= 0.6 is 0 Å². The Bertz CT molecular complexity index is 626. The smallest absolute Gasteiger partial charge is 0.243 e. The van der Waals surface area contributed by atoms with Crippen LogP contribution in [0.25, 0.3) is 0 Å². The Morgan fingerprint density at radius 2 is 2.10 bits per heavy atom. The van der Waals surface area contributed by atoms with E-state index in [-0.39, 0.29) is 11.9 Å². The first-order chi connectivity index (χ1) is 9.82. The monoisotopic (exact) mass is 312 g/mol. The summed E-state index contributed by atoms with van der Waals surface area (Å²) in [4.78, 5) is 12.2. The van der Waals surface area contributed by atoms with Crippen molar-refractivity contribution in [2.75, 3.05) is 17.7 Å². The Morgan fingerprint density at radius 3 is 2.62 bits per heavy atom. The van der Waals surface area contributed by atoms with Gasteiger partial charge >= 0.3 is 0 Å². The number of nitrogens with one attached hydrogen (secondary N) is 1. The maximum atomic E-state index is 12.2. The summed E-state index contributed by atoms with van der Waals surface area (Å²) in [5, 5.41) is 2.83. The minimum atomic E-state index is -3.59. The number of ether oxygens (including phenoxy) is 1. The molecule has 1 atom stereocenters. The molecule has 0 aromatic heterocycles. The third kappa shape index (κ3) is 3.87. The first-order valence-electron chi connectivity index (χ1n) is 6.77. The summed E-state index contributed by atoms with van der Waals surface area (Å²) in [6.45, 7) is 1.58. The van der Waals surface area contributed by atoms with Crippen LogP contribution in [0.15, 0.2) is 24.3 Å². The second kappa shape index (κ2) is 5.93. The van der Waals surface area contributed by atoms with Gasteiger partial charge in [0.05, 0.1) is 19.1 Å². The molecule has 0 radical (unpaired) electrons. The molecular weight excluding hydrogens is 292 g/mol. The van der Waals surface area contributed by atoms with Gasteiger partial charge in [-0.3, -0.25) is 9.10 Å². The fraction of sp³-hybridized carbons (Fsp3) is 0.500. The lowest BCUT2D eigenvalue weighted by molar-refractivity contribution is -0.121. The van der Waals surface area contributed by atoms with E-state index in [4.69, 9.17) is 4.74 Å². The van der Waals surface area contributed by atoms with Gasteiger partial charge in [-0.1, -0.05) is 6.07 Å².